The first-order valence-corrected chi connectivity index (χ1v) is 5.80. The average molecular weight is 209 g/mol. The van der Waals surface area contributed by atoms with Gasteiger partial charge < -0.3 is 5.32 Å². The van der Waals surface area contributed by atoms with Crippen LogP contribution in [0.5, 0.6) is 0 Å². The van der Waals surface area contributed by atoms with Gasteiger partial charge in [0.1, 0.15) is 0 Å². The Kier molecular flexibility index (Phi) is 4.94. The lowest BCUT2D eigenvalue weighted by Crippen LogP contribution is -2.38. The van der Waals surface area contributed by atoms with Gasteiger partial charge in [0.25, 0.3) is 10.1 Å². The summed E-state index contributed by atoms with van der Waals surface area (Å²) < 4.78 is 26.3. The third-order valence-corrected chi connectivity index (χ3v) is 2.19. The molecule has 0 spiro atoms. The molecule has 0 bridgehead atoms. The number of rotatable bonds is 6. The number of hydrogen-bond donors (Lipinski definition) is 1. The monoisotopic (exact) mass is 209 g/mol. The van der Waals surface area contributed by atoms with Crippen LogP contribution in [0, 0.1) is 0 Å². The van der Waals surface area contributed by atoms with Crippen LogP contribution in [-0.4, -0.2) is 33.2 Å². The number of carbonyl (C=O) groups is 1. The number of hydrogen-bond acceptors (Lipinski definition) is 4. The summed E-state index contributed by atoms with van der Waals surface area (Å²) in [4.78, 5) is 10.1. The van der Waals surface area contributed by atoms with E-state index in [0.29, 0.717) is 12.8 Å². The van der Waals surface area contributed by atoms with E-state index in [1.165, 1.54) is 0 Å². The van der Waals surface area contributed by atoms with Gasteiger partial charge in [0, 0.05) is 0 Å². The second-order valence-electron chi connectivity index (χ2n) is 2.82. The van der Waals surface area contributed by atoms with E-state index in [1.54, 1.807) is 13.8 Å². The molecule has 0 fully saturated rings. The second-order valence-corrected chi connectivity index (χ2v) is 4.42. The Labute approximate surface area is 78.6 Å². The summed E-state index contributed by atoms with van der Waals surface area (Å²) in [6.07, 6.45) is 1.54. The molecular weight excluding hydrogens is 194 g/mol. The minimum atomic E-state index is -3.45. The van der Waals surface area contributed by atoms with Gasteiger partial charge in [0.05, 0.1) is 18.4 Å². The van der Waals surface area contributed by atoms with E-state index in [-0.39, 0.29) is 6.04 Å². The average Bonchev–Trinajstić information content (AvgIpc) is 1.99. The molecule has 1 N–H and O–H groups in total. The molecule has 0 saturated carbocycles. The van der Waals surface area contributed by atoms with E-state index < -0.39 is 16.2 Å². The molecule has 0 aliphatic carbocycles. The van der Waals surface area contributed by atoms with Gasteiger partial charge in [0.2, 0.25) is 6.41 Å². The molecule has 78 valence electrons. The fraction of sp³-hybridized carbons (Fsp3) is 0.857. The van der Waals surface area contributed by atoms with Gasteiger partial charge in [-0.05, 0) is 13.3 Å². The molecule has 13 heavy (non-hydrogen) atoms. The highest BCUT2D eigenvalue weighted by molar-refractivity contribution is 7.86. The van der Waals surface area contributed by atoms with E-state index in [4.69, 9.17) is 4.18 Å². The molecular formula is C7H15NO4S. The van der Waals surface area contributed by atoms with Crippen LogP contribution in [0.25, 0.3) is 0 Å². The molecule has 0 heterocycles. The van der Waals surface area contributed by atoms with Gasteiger partial charge in [-0.1, -0.05) is 6.92 Å². The summed E-state index contributed by atoms with van der Waals surface area (Å²) in [5, 5.41) is 2.45. The maximum atomic E-state index is 10.8. The van der Waals surface area contributed by atoms with E-state index in [0.717, 1.165) is 6.26 Å². The van der Waals surface area contributed by atoms with Gasteiger partial charge in [-0.25, -0.2) is 0 Å². The Hall–Kier alpha value is -0.620. The van der Waals surface area contributed by atoms with Crippen LogP contribution in [0.1, 0.15) is 20.3 Å². The van der Waals surface area contributed by atoms with Crippen LogP contribution < -0.4 is 5.32 Å². The lowest BCUT2D eigenvalue weighted by atomic mass is 10.1. The van der Waals surface area contributed by atoms with Gasteiger partial charge >= 0.3 is 0 Å². The number of nitrogens with one attached hydrogen (secondary N) is 1. The quantitative estimate of drug-likeness (QED) is 0.489. The van der Waals surface area contributed by atoms with Crippen LogP contribution in [0.15, 0.2) is 0 Å². The van der Waals surface area contributed by atoms with E-state index in [1.807, 2.05) is 0 Å². The van der Waals surface area contributed by atoms with Crippen LogP contribution in [0.2, 0.25) is 0 Å². The predicted octanol–water partition coefficient (Wildman–Crippen LogP) is -0.124. The lowest BCUT2D eigenvalue weighted by molar-refractivity contribution is -0.110. The zero-order valence-corrected chi connectivity index (χ0v) is 8.80. The van der Waals surface area contributed by atoms with E-state index >= 15 is 0 Å². The van der Waals surface area contributed by atoms with Crippen molar-refractivity contribution in [1.29, 1.82) is 0 Å². The maximum Gasteiger partial charge on any atom is 0.264 e. The van der Waals surface area contributed by atoms with Crippen LogP contribution in [0.4, 0.5) is 0 Å². The normalized spacial score (nSPS) is 16.2. The summed E-state index contributed by atoms with van der Waals surface area (Å²) in [6.45, 7) is 3.48. The third kappa shape index (κ3) is 5.59. The minimum Gasteiger partial charge on any atom is -0.354 e. The molecule has 0 aliphatic rings. The summed E-state index contributed by atoms with van der Waals surface area (Å²) in [6, 6.07) is -0.308. The van der Waals surface area contributed by atoms with Crippen molar-refractivity contribution in [1.82, 2.24) is 5.32 Å². The molecule has 0 aromatic carbocycles. The summed E-state index contributed by atoms with van der Waals surface area (Å²) in [7, 11) is -3.45. The van der Waals surface area contributed by atoms with Crippen molar-refractivity contribution < 1.29 is 17.4 Å². The van der Waals surface area contributed by atoms with Gasteiger partial charge in [-0.2, -0.15) is 8.42 Å². The van der Waals surface area contributed by atoms with Crippen molar-refractivity contribution in [2.75, 3.05) is 6.26 Å². The minimum absolute atomic E-state index is 0.308. The standard InChI is InChI=1S/C7H15NO4S/c1-4-7(6(2)8-5-9)12-13(3,10)11/h5-7H,4H2,1-3H3,(H,8,9)/t6-,7+/m1/s1. The smallest absolute Gasteiger partial charge is 0.264 e. The Bertz CT molecular complexity index is 249. The van der Waals surface area contributed by atoms with Crippen LogP contribution in [-0.2, 0) is 19.1 Å². The third-order valence-electron chi connectivity index (χ3n) is 1.59. The van der Waals surface area contributed by atoms with Crippen LogP contribution >= 0.6 is 0 Å². The predicted molar refractivity (Wildman–Crippen MR) is 48.7 cm³/mol. The number of carbonyl (C=O) groups excluding carboxylic acids is 1. The molecule has 5 nitrogen and oxygen atoms in total. The Balaban J connectivity index is 4.25. The lowest BCUT2D eigenvalue weighted by Gasteiger charge is -2.20. The van der Waals surface area contributed by atoms with Gasteiger partial charge in [-0.3, -0.25) is 8.98 Å². The molecule has 0 aliphatic heterocycles. The molecule has 0 unspecified atom stereocenters. The van der Waals surface area contributed by atoms with E-state index in [9.17, 15) is 13.2 Å². The van der Waals surface area contributed by atoms with Crippen molar-refractivity contribution in [3.63, 3.8) is 0 Å². The summed E-state index contributed by atoms with van der Waals surface area (Å²) in [5.41, 5.74) is 0. The first-order valence-electron chi connectivity index (χ1n) is 3.98. The molecule has 0 aromatic rings. The van der Waals surface area contributed by atoms with Crippen LogP contribution in [0.3, 0.4) is 0 Å². The molecule has 6 heteroatoms. The zero-order chi connectivity index (χ0) is 10.5. The number of amides is 1. The van der Waals surface area contributed by atoms with Crippen molar-refractivity contribution in [2.45, 2.75) is 32.4 Å². The largest absolute Gasteiger partial charge is 0.354 e. The SMILES string of the molecule is CC[C@H](OS(C)(=O)=O)[C@@H](C)NC=O. The molecule has 2 atom stereocenters. The maximum absolute atomic E-state index is 10.8. The van der Waals surface area contributed by atoms with Gasteiger partial charge in [-0.15, -0.1) is 0 Å². The Morgan fingerprint density at radius 1 is 1.54 bits per heavy atom. The van der Waals surface area contributed by atoms with Gasteiger partial charge in [0.15, 0.2) is 0 Å². The highest BCUT2D eigenvalue weighted by Gasteiger charge is 2.19. The summed E-state index contributed by atoms with van der Waals surface area (Å²) in [5.74, 6) is 0. The zero-order valence-electron chi connectivity index (χ0n) is 7.98. The fourth-order valence-electron chi connectivity index (χ4n) is 0.944. The molecule has 0 rings (SSSR count). The molecule has 1 amide bonds. The second kappa shape index (κ2) is 5.18. The molecule has 0 saturated heterocycles. The van der Waals surface area contributed by atoms with Crippen molar-refractivity contribution in [3.8, 4) is 0 Å². The van der Waals surface area contributed by atoms with Crippen molar-refractivity contribution in [2.24, 2.45) is 0 Å². The molecule has 0 aromatic heterocycles. The van der Waals surface area contributed by atoms with E-state index in [2.05, 4.69) is 5.32 Å². The van der Waals surface area contributed by atoms with Crippen molar-refractivity contribution >= 4 is 16.5 Å². The Morgan fingerprint density at radius 3 is 2.38 bits per heavy atom. The fourth-order valence-corrected chi connectivity index (χ4v) is 1.70. The first kappa shape index (κ1) is 12.4. The summed E-state index contributed by atoms with van der Waals surface area (Å²) >= 11 is 0. The Morgan fingerprint density at radius 2 is 2.08 bits per heavy atom. The highest BCUT2D eigenvalue weighted by atomic mass is 32.2. The first-order chi connectivity index (χ1) is 5.90. The topological polar surface area (TPSA) is 72.5 Å². The highest BCUT2D eigenvalue weighted by Crippen LogP contribution is 2.06. The molecule has 0 radical (unpaired) electrons. The van der Waals surface area contributed by atoms with Crippen molar-refractivity contribution in [3.05, 3.63) is 0 Å².